The fourth-order valence-electron chi connectivity index (χ4n) is 6.44. The van der Waals surface area contributed by atoms with Gasteiger partial charge in [-0.25, -0.2) is 4.57 Å². The quantitative estimate of drug-likeness (QED) is 0.0265. The standard InChI is InChI=1S/C52H90NO8P/c1-3-5-7-9-11-12-13-14-15-16-17-18-19-20-21-22-23-24-25-26-27-28-29-30-31-32-33-34-35-36-37-38-39-41-43-45-52(55)61-50(49-60-62(56,57)59-47-46-53)48-58-51(54)44-42-40-10-8-6-4-2/h5,7,11-12,14-15,17-18,20-21,23-24,26-27,50H,3-4,6,8-10,13,16,19,22,25,28-49,53H2,1-2H3,(H,56,57)/b7-5-,12-11-,15-14-,18-17-,21-20-,24-23-,27-26-. The Morgan fingerprint density at radius 2 is 0.887 bits per heavy atom. The minimum absolute atomic E-state index is 0.0512. The molecule has 3 N–H and O–H groups in total. The van der Waals surface area contributed by atoms with Crippen LogP contribution in [0, 0.1) is 0 Å². The molecule has 62 heavy (non-hydrogen) atoms. The van der Waals surface area contributed by atoms with Crippen molar-refractivity contribution in [3.05, 3.63) is 85.1 Å². The highest BCUT2D eigenvalue weighted by Crippen LogP contribution is 2.43. The number of rotatable bonds is 45. The predicted molar refractivity (Wildman–Crippen MR) is 261 cm³/mol. The lowest BCUT2D eigenvalue weighted by atomic mass is 10.0. The van der Waals surface area contributed by atoms with Gasteiger partial charge in [0.25, 0.3) is 0 Å². The Kier molecular flexibility index (Phi) is 45.5. The topological polar surface area (TPSA) is 134 Å². The van der Waals surface area contributed by atoms with E-state index in [1.807, 2.05) is 0 Å². The smallest absolute Gasteiger partial charge is 0.462 e. The maximum atomic E-state index is 12.6. The number of hydrogen-bond donors (Lipinski definition) is 2. The highest BCUT2D eigenvalue weighted by atomic mass is 31.2. The van der Waals surface area contributed by atoms with Crippen LogP contribution in [0.25, 0.3) is 0 Å². The van der Waals surface area contributed by atoms with Gasteiger partial charge in [0, 0.05) is 19.4 Å². The molecule has 0 saturated heterocycles. The van der Waals surface area contributed by atoms with Gasteiger partial charge >= 0.3 is 19.8 Å². The van der Waals surface area contributed by atoms with E-state index >= 15 is 0 Å². The maximum Gasteiger partial charge on any atom is 0.472 e. The van der Waals surface area contributed by atoms with Crippen LogP contribution in [0.1, 0.15) is 200 Å². The lowest BCUT2D eigenvalue weighted by Gasteiger charge is -2.19. The Balaban J connectivity index is 3.84. The summed E-state index contributed by atoms with van der Waals surface area (Å²) in [6, 6.07) is 0. The summed E-state index contributed by atoms with van der Waals surface area (Å²) < 4.78 is 32.6. The fourth-order valence-corrected chi connectivity index (χ4v) is 7.20. The lowest BCUT2D eigenvalue weighted by Crippen LogP contribution is -2.29. The molecule has 9 nitrogen and oxygen atoms in total. The van der Waals surface area contributed by atoms with Gasteiger partial charge < -0.3 is 20.1 Å². The second-order valence-electron chi connectivity index (χ2n) is 16.0. The molecule has 0 aliphatic carbocycles. The van der Waals surface area contributed by atoms with Crippen molar-refractivity contribution in [1.29, 1.82) is 0 Å². The molecule has 2 atom stereocenters. The molecule has 356 valence electrons. The Bertz CT molecular complexity index is 1290. The van der Waals surface area contributed by atoms with Gasteiger partial charge in [-0.1, -0.05) is 202 Å². The predicted octanol–water partition coefficient (Wildman–Crippen LogP) is 14.8. The zero-order valence-electron chi connectivity index (χ0n) is 39.3. The summed E-state index contributed by atoms with van der Waals surface area (Å²) in [5.41, 5.74) is 5.34. The van der Waals surface area contributed by atoms with E-state index in [9.17, 15) is 19.0 Å². The Labute approximate surface area is 379 Å². The number of ether oxygens (including phenoxy) is 2. The molecule has 0 aromatic carbocycles. The number of hydrogen-bond acceptors (Lipinski definition) is 8. The largest absolute Gasteiger partial charge is 0.472 e. The van der Waals surface area contributed by atoms with E-state index in [4.69, 9.17) is 24.3 Å². The molecule has 0 spiro atoms. The third kappa shape index (κ3) is 46.7. The van der Waals surface area contributed by atoms with Crippen molar-refractivity contribution in [3.8, 4) is 0 Å². The molecule has 0 saturated carbocycles. The van der Waals surface area contributed by atoms with E-state index in [1.54, 1.807) is 0 Å². The van der Waals surface area contributed by atoms with E-state index in [1.165, 1.54) is 70.6 Å². The van der Waals surface area contributed by atoms with Crippen molar-refractivity contribution < 1.29 is 37.6 Å². The Morgan fingerprint density at radius 1 is 0.500 bits per heavy atom. The number of phosphoric acid groups is 1. The molecular weight excluding hydrogens is 798 g/mol. The molecule has 10 heteroatoms. The molecule has 0 radical (unpaired) electrons. The summed E-state index contributed by atoms with van der Waals surface area (Å²) in [6.45, 7) is 3.54. The zero-order valence-corrected chi connectivity index (χ0v) is 40.2. The average molecular weight is 888 g/mol. The second-order valence-corrected chi connectivity index (χ2v) is 17.4. The molecule has 0 heterocycles. The molecular formula is C52H90NO8P. The van der Waals surface area contributed by atoms with Gasteiger partial charge in [-0.2, -0.15) is 0 Å². The van der Waals surface area contributed by atoms with Gasteiger partial charge in [-0.3, -0.25) is 18.6 Å². The monoisotopic (exact) mass is 888 g/mol. The van der Waals surface area contributed by atoms with E-state index < -0.39 is 32.5 Å². The summed E-state index contributed by atoms with van der Waals surface area (Å²) in [5, 5.41) is 0. The molecule has 0 aliphatic heterocycles. The van der Waals surface area contributed by atoms with Crippen LogP contribution in [-0.4, -0.2) is 49.3 Å². The fraction of sp³-hybridized carbons (Fsp3) is 0.692. The van der Waals surface area contributed by atoms with Crippen LogP contribution in [0.5, 0.6) is 0 Å². The van der Waals surface area contributed by atoms with Crippen LogP contribution >= 0.6 is 7.82 Å². The summed E-state index contributed by atoms with van der Waals surface area (Å²) in [5.74, 6) is -0.842. The molecule has 0 aromatic rings. The maximum absolute atomic E-state index is 12.6. The SMILES string of the molecule is CC/C=C\C/C=C\C/C=C\C/C=C\C/C=C\C/C=C\C/C=C\CCCCCCCCCCCCCCCC(=O)OC(COC(=O)CCCCCCCC)COP(=O)(O)OCCN. The van der Waals surface area contributed by atoms with Crippen LogP contribution in [0.15, 0.2) is 85.1 Å². The van der Waals surface area contributed by atoms with Crippen molar-refractivity contribution >= 4 is 19.8 Å². The van der Waals surface area contributed by atoms with Crippen LogP contribution in [0.2, 0.25) is 0 Å². The average Bonchev–Trinajstić information content (AvgIpc) is 3.26. The van der Waals surface area contributed by atoms with Crippen molar-refractivity contribution in [2.24, 2.45) is 5.73 Å². The van der Waals surface area contributed by atoms with E-state index in [-0.39, 0.29) is 32.6 Å². The van der Waals surface area contributed by atoms with Gasteiger partial charge in [-0.15, -0.1) is 0 Å². The normalized spacial score (nSPS) is 13.9. The van der Waals surface area contributed by atoms with Crippen LogP contribution < -0.4 is 5.73 Å². The number of unbranched alkanes of at least 4 members (excludes halogenated alkanes) is 18. The minimum Gasteiger partial charge on any atom is -0.462 e. The molecule has 0 aromatic heterocycles. The van der Waals surface area contributed by atoms with Gasteiger partial charge in [0.1, 0.15) is 6.61 Å². The number of carbonyl (C=O) groups excluding carboxylic acids is 2. The Hall–Kier alpha value is -2.81. The number of esters is 2. The first-order valence-corrected chi connectivity index (χ1v) is 26.1. The number of phosphoric ester groups is 1. The van der Waals surface area contributed by atoms with Crippen molar-refractivity contribution in [3.63, 3.8) is 0 Å². The molecule has 0 bridgehead atoms. The van der Waals surface area contributed by atoms with Gasteiger partial charge in [0.15, 0.2) is 6.10 Å². The van der Waals surface area contributed by atoms with Crippen molar-refractivity contribution in [2.45, 2.75) is 206 Å². The second kappa shape index (κ2) is 47.7. The minimum atomic E-state index is -4.37. The summed E-state index contributed by atoms with van der Waals surface area (Å²) in [7, 11) is -4.37. The lowest BCUT2D eigenvalue weighted by molar-refractivity contribution is -0.161. The van der Waals surface area contributed by atoms with E-state index in [0.29, 0.717) is 6.42 Å². The summed E-state index contributed by atoms with van der Waals surface area (Å²) in [6.07, 6.45) is 61.0. The third-order valence-electron chi connectivity index (χ3n) is 10.0. The van der Waals surface area contributed by atoms with Crippen LogP contribution in [0.3, 0.4) is 0 Å². The van der Waals surface area contributed by atoms with Gasteiger partial charge in [0.05, 0.1) is 13.2 Å². The molecule has 0 fully saturated rings. The number of nitrogens with two attached hydrogens (primary N) is 1. The van der Waals surface area contributed by atoms with Crippen LogP contribution in [0.4, 0.5) is 0 Å². The highest BCUT2D eigenvalue weighted by Gasteiger charge is 2.26. The van der Waals surface area contributed by atoms with Gasteiger partial charge in [0.2, 0.25) is 0 Å². The van der Waals surface area contributed by atoms with Crippen molar-refractivity contribution in [2.75, 3.05) is 26.4 Å². The third-order valence-corrected chi connectivity index (χ3v) is 11.0. The molecule has 2 unspecified atom stereocenters. The summed E-state index contributed by atoms with van der Waals surface area (Å²) >= 11 is 0. The Morgan fingerprint density at radius 3 is 1.32 bits per heavy atom. The molecule has 0 amide bonds. The molecule has 0 rings (SSSR count). The number of allylic oxidation sites excluding steroid dienone is 14. The van der Waals surface area contributed by atoms with Gasteiger partial charge in [-0.05, 0) is 70.6 Å². The molecule has 0 aliphatic rings. The van der Waals surface area contributed by atoms with Crippen molar-refractivity contribution in [1.82, 2.24) is 0 Å². The van der Waals surface area contributed by atoms with E-state index in [0.717, 1.165) is 96.3 Å². The first-order chi connectivity index (χ1) is 30.3. The zero-order chi connectivity index (χ0) is 45.3. The van der Waals surface area contributed by atoms with Crippen LogP contribution in [-0.2, 0) is 32.7 Å². The highest BCUT2D eigenvalue weighted by molar-refractivity contribution is 7.47. The number of carbonyl (C=O) groups is 2. The first kappa shape index (κ1) is 59.2. The summed E-state index contributed by atoms with van der Waals surface area (Å²) in [4.78, 5) is 34.6. The van der Waals surface area contributed by atoms with E-state index in [2.05, 4.69) is 98.9 Å². The first-order valence-electron chi connectivity index (χ1n) is 24.6.